The van der Waals surface area contributed by atoms with Crippen molar-refractivity contribution in [2.75, 3.05) is 19.7 Å². The van der Waals surface area contributed by atoms with Crippen LogP contribution in [-0.4, -0.2) is 36.5 Å². The highest BCUT2D eigenvalue weighted by molar-refractivity contribution is 6.31. The lowest BCUT2D eigenvalue weighted by Gasteiger charge is -2.23. The van der Waals surface area contributed by atoms with E-state index in [1.165, 1.54) is 0 Å². The minimum absolute atomic E-state index is 0. The van der Waals surface area contributed by atoms with Gasteiger partial charge in [0.2, 0.25) is 0 Å². The van der Waals surface area contributed by atoms with Gasteiger partial charge in [0.15, 0.2) is 0 Å². The summed E-state index contributed by atoms with van der Waals surface area (Å²) in [5.74, 6) is 0.963. The van der Waals surface area contributed by atoms with E-state index in [-0.39, 0.29) is 24.4 Å². The Bertz CT molecular complexity index is 511. The number of likely N-dealkylation sites (tertiary alicyclic amines) is 1. The first kappa shape index (κ1) is 19.1. The van der Waals surface area contributed by atoms with E-state index in [0.717, 1.165) is 12.8 Å². The Morgan fingerprint density at radius 2 is 2.23 bits per heavy atom. The van der Waals surface area contributed by atoms with Crippen LogP contribution in [0.5, 0.6) is 5.75 Å². The van der Waals surface area contributed by atoms with Gasteiger partial charge in [0.25, 0.3) is 5.91 Å². The van der Waals surface area contributed by atoms with Crippen molar-refractivity contribution < 1.29 is 9.53 Å². The van der Waals surface area contributed by atoms with Crippen LogP contribution in [0.2, 0.25) is 5.02 Å². The van der Waals surface area contributed by atoms with Crippen LogP contribution in [0, 0.1) is 5.92 Å². The predicted molar refractivity (Wildman–Crippen MR) is 92.1 cm³/mol. The molecule has 124 valence electrons. The molecule has 2 rings (SSSR count). The fraction of sp³-hybridized carbons (Fsp3) is 0.562. The molecule has 1 saturated heterocycles. The zero-order chi connectivity index (χ0) is 15.4. The standard InChI is InChI=1S/C16H23ClN2O2.ClH/c1-3-6-21-15-5-4-13(17)8-14(15)16(20)19-10-12(9-18)7-11(19)2;/h4-5,8,11-12H,3,6-7,9-10,18H2,1-2H3;1H. The fourth-order valence-corrected chi connectivity index (χ4v) is 2.93. The quantitative estimate of drug-likeness (QED) is 0.889. The molecule has 1 fully saturated rings. The second-order valence-corrected chi connectivity index (χ2v) is 6.07. The maximum absolute atomic E-state index is 12.8. The van der Waals surface area contributed by atoms with Crippen LogP contribution >= 0.6 is 24.0 Å². The van der Waals surface area contributed by atoms with E-state index in [9.17, 15) is 4.79 Å². The third kappa shape index (κ3) is 4.28. The van der Waals surface area contributed by atoms with E-state index in [0.29, 0.717) is 41.9 Å². The summed E-state index contributed by atoms with van der Waals surface area (Å²) in [6, 6.07) is 5.41. The molecule has 0 saturated carbocycles. The highest BCUT2D eigenvalue weighted by Gasteiger charge is 2.33. The van der Waals surface area contributed by atoms with Crippen LogP contribution in [-0.2, 0) is 0 Å². The number of hydrogen-bond acceptors (Lipinski definition) is 3. The Hall–Kier alpha value is -0.970. The highest BCUT2D eigenvalue weighted by Crippen LogP contribution is 2.29. The van der Waals surface area contributed by atoms with Crippen molar-refractivity contribution >= 4 is 29.9 Å². The van der Waals surface area contributed by atoms with Gasteiger partial charge in [0, 0.05) is 17.6 Å². The molecule has 1 heterocycles. The third-order valence-electron chi connectivity index (χ3n) is 3.89. The molecule has 2 N–H and O–H groups in total. The second-order valence-electron chi connectivity index (χ2n) is 5.63. The van der Waals surface area contributed by atoms with E-state index in [4.69, 9.17) is 22.1 Å². The number of nitrogens with zero attached hydrogens (tertiary/aromatic N) is 1. The first-order valence-corrected chi connectivity index (χ1v) is 7.88. The van der Waals surface area contributed by atoms with Gasteiger partial charge in [-0.05, 0) is 50.4 Å². The van der Waals surface area contributed by atoms with Gasteiger partial charge in [-0.2, -0.15) is 0 Å². The van der Waals surface area contributed by atoms with Crippen molar-refractivity contribution in [3.8, 4) is 5.75 Å². The molecule has 1 aliphatic heterocycles. The Balaban J connectivity index is 0.00000242. The molecule has 4 nitrogen and oxygen atoms in total. The van der Waals surface area contributed by atoms with E-state index in [2.05, 4.69) is 6.92 Å². The number of hydrogen-bond donors (Lipinski definition) is 1. The van der Waals surface area contributed by atoms with E-state index >= 15 is 0 Å². The average Bonchev–Trinajstić information content (AvgIpc) is 2.86. The maximum Gasteiger partial charge on any atom is 0.257 e. The molecule has 2 unspecified atom stereocenters. The summed E-state index contributed by atoms with van der Waals surface area (Å²) in [6.07, 6.45) is 1.85. The topological polar surface area (TPSA) is 55.6 Å². The van der Waals surface area contributed by atoms with E-state index in [1.807, 2.05) is 11.8 Å². The van der Waals surface area contributed by atoms with Gasteiger partial charge < -0.3 is 15.4 Å². The Kier molecular flexibility index (Phi) is 7.46. The largest absolute Gasteiger partial charge is 0.493 e. The number of carbonyl (C=O) groups is 1. The molecule has 0 aliphatic carbocycles. The second kappa shape index (κ2) is 8.61. The van der Waals surface area contributed by atoms with Crippen LogP contribution in [0.25, 0.3) is 0 Å². The zero-order valence-electron chi connectivity index (χ0n) is 13.0. The van der Waals surface area contributed by atoms with Gasteiger partial charge in [-0.25, -0.2) is 0 Å². The smallest absolute Gasteiger partial charge is 0.257 e. The van der Waals surface area contributed by atoms with Gasteiger partial charge >= 0.3 is 0 Å². The predicted octanol–water partition coefficient (Wildman–Crippen LogP) is 3.36. The normalized spacial score (nSPS) is 20.6. The number of halogens is 2. The molecule has 0 aromatic heterocycles. The molecule has 1 aliphatic rings. The van der Waals surface area contributed by atoms with Crippen molar-refractivity contribution in [2.45, 2.75) is 32.7 Å². The van der Waals surface area contributed by atoms with Gasteiger partial charge in [-0.1, -0.05) is 18.5 Å². The van der Waals surface area contributed by atoms with Gasteiger partial charge in [0.1, 0.15) is 5.75 Å². The molecular weight excluding hydrogens is 323 g/mol. The summed E-state index contributed by atoms with van der Waals surface area (Å²) < 4.78 is 5.68. The lowest BCUT2D eigenvalue weighted by atomic mass is 10.1. The first-order valence-electron chi connectivity index (χ1n) is 7.50. The number of nitrogens with two attached hydrogens (primary N) is 1. The Morgan fingerprint density at radius 1 is 1.50 bits per heavy atom. The minimum atomic E-state index is -0.0212. The monoisotopic (exact) mass is 346 g/mol. The zero-order valence-corrected chi connectivity index (χ0v) is 14.6. The van der Waals surface area contributed by atoms with Crippen LogP contribution in [0.1, 0.15) is 37.0 Å². The van der Waals surface area contributed by atoms with E-state index in [1.54, 1.807) is 18.2 Å². The van der Waals surface area contributed by atoms with Crippen LogP contribution in [0.4, 0.5) is 0 Å². The minimum Gasteiger partial charge on any atom is -0.493 e. The number of benzene rings is 1. The lowest BCUT2D eigenvalue weighted by molar-refractivity contribution is 0.0739. The lowest BCUT2D eigenvalue weighted by Crippen LogP contribution is -2.34. The van der Waals surface area contributed by atoms with Crippen LogP contribution < -0.4 is 10.5 Å². The molecule has 22 heavy (non-hydrogen) atoms. The molecule has 1 aromatic carbocycles. The molecule has 0 bridgehead atoms. The highest BCUT2D eigenvalue weighted by atomic mass is 35.5. The Labute approximate surface area is 143 Å². The number of ether oxygens (including phenoxy) is 1. The molecule has 2 atom stereocenters. The van der Waals surface area contributed by atoms with Gasteiger partial charge in [-0.3, -0.25) is 4.79 Å². The molecule has 6 heteroatoms. The molecule has 1 amide bonds. The summed E-state index contributed by atoms with van der Waals surface area (Å²) in [5, 5.41) is 0.546. The average molecular weight is 347 g/mol. The van der Waals surface area contributed by atoms with Crippen LogP contribution in [0.15, 0.2) is 18.2 Å². The number of amides is 1. The summed E-state index contributed by atoms with van der Waals surface area (Å²) in [5.41, 5.74) is 6.28. The SMILES string of the molecule is CCCOc1ccc(Cl)cc1C(=O)N1CC(CN)CC1C.Cl. The van der Waals surface area contributed by atoms with Crippen molar-refractivity contribution in [3.63, 3.8) is 0 Å². The summed E-state index contributed by atoms with van der Waals surface area (Å²) >= 11 is 6.05. The first-order chi connectivity index (χ1) is 10.1. The van der Waals surface area contributed by atoms with Crippen molar-refractivity contribution in [3.05, 3.63) is 28.8 Å². The van der Waals surface area contributed by atoms with Crippen molar-refractivity contribution in [2.24, 2.45) is 11.7 Å². The number of carbonyl (C=O) groups excluding carboxylic acids is 1. The third-order valence-corrected chi connectivity index (χ3v) is 4.12. The summed E-state index contributed by atoms with van der Waals surface area (Å²) in [6.45, 7) is 6.00. The molecule has 0 radical (unpaired) electrons. The maximum atomic E-state index is 12.8. The molecule has 0 spiro atoms. The summed E-state index contributed by atoms with van der Waals surface area (Å²) in [4.78, 5) is 14.7. The number of rotatable bonds is 5. The summed E-state index contributed by atoms with van der Waals surface area (Å²) in [7, 11) is 0. The van der Waals surface area contributed by atoms with Crippen molar-refractivity contribution in [1.29, 1.82) is 0 Å². The van der Waals surface area contributed by atoms with Gasteiger partial charge in [0.05, 0.1) is 12.2 Å². The fourth-order valence-electron chi connectivity index (χ4n) is 2.76. The molecule has 1 aromatic rings. The Morgan fingerprint density at radius 3 is 2.82 bits per heavy atom. The van der Waals surface area contributed by atoms with Crippen molar-refractivity contribution in [1.82, 2.24) is 4.90 Å². The molecular formula is C16H24Cl2N2O2. The van der Waals surface area contributed by atoms with E-state index < -0.39 is 0 Å². The van der Waals surface area contributed by atoms with Gasteiger partial charge in [-0.15, -0.1) is 12.4 Å². The van der Waals surface area contributed by atoms with Crippen LogP contribution in [0.3, 0.4) is 0 Å².